The van der Waals surface area contributed by atoms with Crippen LogP contribution in [0, 0.1) is 0 Å². The highest BCUT2D eigenvalue weighted by molar-refractivity contribution is 7.98. The van der Waals surface area contributed by atoms with Crippen molar-refractivity contribution < 1.29 is 19.8 Å². The minimum absolute atomic E-state index is 0.110. The lowest BCUT2D eigenvalue weighted by Crippen LogP contribution is -2.16. The fourth-order valence-corrected chi connectivity index (χ4v) is 2.41. The van der Waals surface area contributed by atoms with Gasteiger partial charge in [-0.25, -0.2) is 4.79 Å². The number of rotatable bonds is 6. The van der Waals surface area contributed by atoms with Gasteiger partial charge in [0, 0.05) is 28.3 Å². The van der Waals surface area contributed by atoms with Gasteiger partial charge in [-0.15, -0.1) is 23.4 Å². The first-order chi connectivity index (χ1) is 8.52. The van der Waals surface area contributed by atoms with Crippen LogP contribution in [0.2, 0.25) is 0 Å². The topological polar surface area (TPSA) is 74.6 Å². The summed E-state index contributed by atoms with van der Waals surface area (Å²) in [6.45, 7) is 0. The van der Waals surface area contributed by atoms with Gasteiger partial charge >= 0.3 is 5.97 Å². The second-order valence-corrected chi connectivity index (χ2v) is 4.75. The summed E-state index contributed by atoms with van der Waals surface area (Å²) in [7, 11) is 0. The summed E-state index contributed by atoms with van der Waals surface area (Å²) in [6.07, 6.45) is 0.189. The molecule has 1 atom stereocenters. The van der Waals surface area contributed by atoms with Crippen LogP contribution in [0.3, 0.4) is 0 Å². The molecule has 1 aromatic rings. The van der Waals surface area contributed by atoms with Crippen molar-refractivity contribution in [3.63, 3.8) is 0 Å². The van der Waals surface area contributed by atoms with Crippen LogP contribution in [0.5, 0.6) is 0 Å². The zero-order valence-electron chi connectivity index (χ0n) is 9.72. The maximum absolute atomic E-state index is 12.0. The third-order valence-corrected chi connectivity index (χ3v) is 3.38. The molecule has 2 N–H and O–H groups in total. The van der Waals surface area contributed by atoms with Gasteiger partial charge in [0.25, 0.3) is 0 Å². The SMILES string of the molecule is CSc1cccc(C(O)C(=O)O)c1C(=O)CCCl. The molecule has 0 aliphatic heterocycles. The maximum Gasteiger partial charge on any atom is 0.337 e. The molecule has 18 heavy (non-hydrogen) atoms. The second kappa shape index (κ2) is 6.78. The summed E-state index contributed by atoms with van der Waals surface area (Å²) in [5.41, 5.74) is 0.366. The van der Waals surface area contributed by atoms with E-state index < -0.39 is 12.1 Å². The minimum Gasteiger partial charge on any atom is -0.479 e. The van der Waals surface area contributed by atoms with Gasteiger partial charge in [0.15, 0.2) is 11.9 Å². The lowest BCUT2D eigenvalue weighted by atomic mass is 9.98. The highest BCUT2D eigenvalue weighted by atomic mass is 35.5. The lowest BCUT2D eigenvalue weighted by Gasteiger charge is -2.14. The van der Waals surface area contributed by atoms with Gasteiger partial charge < -0.3 is 10.2 Å². The van der Waals surface area contributed by atoms with Crippen molar-refractivity contribution in [3.8, 4) is 0 Å². The predicted molar refractivity (Wildman–Crippen MR) is 70.5 cm³/mol. The van der Waals surface area contributed by atoms with Gasteiger partial charge in [-0.05, 0) is 12.3 Å². The van der Waals surface area contributed by atoms with Gasteiger partial charge in [-0.2, -0.15) is 0 Å². The van der Waals surface area contributed by atoms with E-state index in [0.29, 0.717) is 4.90 Å². The fraction of sp³-hybridized carbons (Fsp3) is 0.333. The molecule has 6 heteroatoms. The number of thioether (sulfide) groups is 1. The molecule has 0 saturated carbocycles. The number of carboxylic acid groups (broad SMARTS) is 1. The van der Waals surface area contributed by atoms with Crippen molar-refractivity contribution in [2.24, 2.45) is 0 Å². The smallest absolute Gasteiger partial charge is 0.337 e. The second-order valence-electron chi connectivity index (χ2n) is 3.53. The van der Waals surface area contributed by atoms with Crippen LogP contribution in [0.1, 0.15) is 28.4 Å². The van der Waals surface area contributed by atoms with Gasteiger partial charge in [-0.3, -0.25) is 4.79 Å². The third-order valence-electron chi connectivity index (χ3n) is 2.41. The monoisotopic (exact) mass is 288 g/mol. The van der Waals surface area contributed by atoms with Crippen LogP contribution < -0.4 is 0 Å². The Morgan fingerprint density at radius 2 is 2.11 bits per heavy atom. The van der Waals surface area contributed by atoms with E-state index in [1.165, 1.54) is 17.8 Å². The molecule has 4 nitrogen and oxygen atoms in total. The zero-order chi connectivity index (χ0) is 13.7. The van der Waals surface area contributed by atoms with Crippen molar-refractivity contribution >= 4 is 35.1 Å². The summed E-state index contributed by atoms with van der Waals surface area (Å²) >= 11 is 6.85. The average molecular weight is 289 g/mol. The van der Waals surface area contributed by atoms with E-state index in [1.807, 2.05) is 0 Å². The molecule has 0 bridgehead atoms. The van der Waals surface area contributed by atoms with Crippen LogP contribution in [-0.4, -0.2) is 34.1 Å². The van der Waals surface area contributed by atoms with E-state index >= 15 is 0 Å². The summed E-state index contributed by atoms with van der Waals surface area (Å²) in [6, 6.07) is 4.77. The number of aliphatic hydroxyl groups is 1. The Bertz CT molecular complexity index is 461. The number of aliphatic hydroxyl groups excluding tert-OH is 1. The molecule has 1 rings (SSSR count). The molecule has 0 aromatic heterocycles. The number of aliphatic carboxylic acids is 1. The standard InChI is InChI=1S/C12H13ClO4S/c1-18-9-4-2-3-7(11(15)12(16)17)10(9)8(14)5-6-13/h2-4,11,15H,5-6H2,1H3,(H,16,17). The molecular weight excluding hydrogens is 276 g/mol. The molecule has 0 saturated heterocycles. The normalized spacial score (nSPS) is 12.2. The molecule has 0 radical (unpaired) electrons. The van der Waals surface area contributed by atoms with Crippen molar-refractivity contribution in [2.75, 3.05) is 12.1 Å². The first kappa shape index (κ1) is 15.0. The fourth-order valence-electron chi connectivity index (χ4n) is 1.59. The van der Waals surface area contributed by atoms with E-state index in [4.69, 9.17) is 16.7 Å². The molecule has 0 heterocycles. The number of Topliss-reactive ketones (excluding diaryl/α,β-unsaturated/α-hetero) is 1. The summed E-state index contributed by atoms with van der Waals surface area (Å²) in [5, 5.41) is 18.5. The number of carboxylic acids is 1. The minimum atomic E-state index is -1.70. The third kappa shape index (κ3) is 3.25. The Balaban J connectivity index is 3.33. The van der Waals surface area contributed by atoms with Gasteiger partial charge in [0.1, 0.15) is 0 Å². The molecule has 0 aliphatic rings. The Hall–Kier alpha value is -1.04. The van der Waals surface area contributed by atoms with Crippen molar-refractivity contribution in [1.29, 1.82) is 0 Å². The summed E-state index contributed by atoms with van der Waals surface area (Å²) < 4.78 is 0. The van der Waals surface area contributed by atoms with Gasteiger partial charge in [-0.1, -0.05) is 12.1 Å². The average Bonchev–Trinajstić information content (AvgIpc) is 2.36. The summed E-state index contributed by atoms with van der Waals surface area (Å²) in [5.74, 6) is -1.48. The number of hydrogen-bond donors (Lipinski definition) is 2. The number of carbonyl (C=O) groups is 2. The number of halogens is 1. The molecule has 1 aromatic carbocycles. The largest absolute Gasteiger partial charge is 0.479 e. The molecule has 0 aliphatic carbocycles. The molecule has 0 spiro atoms. The predicted octanol–water partition coefficient (Wildman–Crippen LogP) is 2.34. The zero-order valence-corrected chi connectivity index (χ0v) is 11.3. The first-order valence-corrected chi connectivity index (χ1v) is 6.95. The highest BCUT2D eigenvalue weighted by Crippen LogP contribution is 2.29. The van der Waals surface area contributed by atoms with Crippen LogP contribution in [-0.2, 0) is 4.79 Å². The number of alkyl halides is 1. The van der Waals surface area contributed by atoms with Gasteiger partial charge in [0.2, 0.25) is 0 Å². The van der Waals surface area contributed by atoms with Crippen LogP contribution in [0.15, 0.2) is 23.1 Å². The van der Waals surface area contributed by atoms with E-state index in [9.17, 15) is 14.7 Å². The van der Waals surface area contributed by atoms with Crippen LogP contribution in [0.25, 0.3) is 0 Å². The molecule has 0 fully saturated rings. The van der Waals surface area contributed by atoms with Crippen molar-refractivity contribution in [2.45, 2.75) is 17.4 Å². The Kier molecular flexibility index (Phi) is 5.65. The van der Waals surface area contributed by atoms with Crippen molar-refractivity contribution in [1.82, 2.24) is 0 Å². The van der Waals surface area contributed by atoms with E-state index in [0.717, 1.165) is 0 Å². The van der Waals surface area contributed by atoms with Crippen molar-refractivity contribution in [3.05, 3.63) is 29.3 Å². The Morgan fingerprint density at radius 3 is 2.61 bits per heavy atom. The number of hydrogen-bond acceptors (Lipinski definition) is 4. The quantitative estimate of drug-likeness (QED) is 0.477. The molecular formula is C12H13ClO4S. The molecule has 0 amide bonds. The van der Waals surface area contributed by atoms with Crippen LogP contribution >= 0.6 is 23.4 Å². The number of carbonyl (C=O) groups excluding carboxylic acids is 1. The van der Waals surface area contributed by atoms with E-state index in [-0.39, 0.29) is 29.2 Å². The molecule has 1 unspecified atom stereocenters. The van der Waals surface area contributed by atoms with Crippen LogP contribution in [0.4, 0.5) is 0 Å². The Labute approximate surface area is 114 Å². The van der Waals surface area contributed by atoms with E-state index in [2.05, 4.69) is 0 Å². The lowest BCUT2D eigenvalue weighted by molar-refractivity contribution is -0.146. The molecule has 98 valence electrons. The Morgan fingerprint density at radius 1 is 1.44 bits per heavy atom. The highest BCUT2D eigenvalue weighted by Gasteiger charge is 2.24. The van der Waals surface area contributed by atoms with E-state index in [1.54, 1.807) is 18.4 Å². The maximum atomic E-state index is 12.0. The number of benzene rings is 1. The summed E-state index contributed by atoms with van der Waals surface area (Å²) in [4.78, 5) is 23.4. The number of ketones is 1. The van der Waals surface area contributed by atoms with Gasteiger partial charge in [0.05, 0.1) is 0 Å². The first-order valence-electron chi connectivity index (χ1n) is 5.19.